The number of halogens is 1. The Morgan fingerprint density at radius 2 is 1.80 bits per heavy atom. The molecule has 0 amide bonds. The number of anilines is 1. The number of nitrogens with zero attached hydrogens (tertiary/aromatic N) is 3. The molecular weight excluding hydrogens is 493 g/mol. The first-order valence-electron chi connectivity index (χ1n) is 9.99. The molecule has 3 rings (SSSR count). The molecule has 1 fully saturated rings. The Hall–Kier alpha value is -2.23. The SMILES string of the molecule is CN=C(NCc1cccc(C)n1)NC1CCN(c2cc(OC)cc(OC)c2)CC1.I. The minimum Gasteiger partial charge on any atom is -0.497 e. The Labute approximate surface area is 196 Å². The van der Waals surface area contributed by atoms with Crippen LogP contribution in [0.2, 0.25) is 0 Å². The van der Waals surface area contributed by atoms with E-state index in [0.29, 0.717) is 12.6 Å². The van der Waals surface area contributed by atoms with Crippen LogP contribution in [0.25, 0.3) is 0 Å². The maximum Gasteiger partial charge on any atom is 0.191 e. The lowest BCUT2D eigenvalue weighted by atomic mass is 10.0. The van der Waals surface area contributed by atoms with Crippen LogP contribution in [0, 0.1) is 6.92 Å². The van der Waals surface area contributed by atoms with Crippen molar-refractivity contribution < 1.29 is 9.47 Å². The third-order valence-electron chi connectivity index (χ3n) is 5.14. The minimum atomic E-state index is 0. The molecule has 30 heavy (non-hydrogen) atoms. The lowest BCUT2D eigenvalue weighted by molar-refractivity contribution is 0.393. The van der Waals surface area contributed by atoms with E-state index in [1.165, 1.54) is 0 Å². The van der Waals surface area contributed by atoms with E-state index in [-0.39, 0.29) is 24.0 Å². The molecular formula is C22H32IN5O2. The molecule has 8 heteroatoms. The summed E-state index contributed by atoms with van der Waals surface area (Å²) in [6.45, 7) is 4.58. The van der Waals surface area contributed by atoms with Gasteiger partial charge in [0, 0.05) is 55.8 Å². The number of aliphatic imine (C=N–C) groups is 1. The first-order chi connectivity index (χ1) is 14.1. The van der Waals surface area contributed by atoms with E-state index >= 15 is 0 Å². The predicted molar refractivity (Wildman–Crippen MR) is 133 cm³/mol. The summed E-state index contributed by atoms with van der Waals surface area (Å²) in [5.41, 5.74) is 3.16. The van der Waals surface area contributed by atoms with Crippen molar-refractivity contribution in [3.63, 3.8) is 0 Å². The van der Waals surface area contributed by atoms with Crippen molar-refractivity contribution >= 4 is 35.6 Å². The highest BCUT2D eigenvalue weighted by Gasteiger charge is 2.21. The number of benzene rings is 1. The second-order valence-corrected chi connectivity index (χ2v) is 7.17. The largest absolute Gasteiger partial charge is 0.497 e. The lowest BCUT2D eigenvalue weighted by Crippen LogP contribution is -2.48. The lowest BCUT2D eigenvalue weighted by Gasteiger charge is -2.34. The summed E-state index contributed by atoms with van der Waals surface area (Å²) in [7, 11) is 5.16. The van der Waals surface area contributed by atoms with Crippen LogP contribution in [0.3, 0.4) is 0 Å². The maximum atomic E-state index is 5.40. The number of methoxy groups -OCH3 is 2. The van der Waals surface area contributed by atoms with Gasteiger partial charge in [-0.1, -0.05) is 6.07 Å². The Kier molecular flexibility index (Phi) is 9.48. The number of nitrogens with one attached hydrogen (secondary N) is 2. The molecule has 7 nitrogen and oxygen atoms in total. The quantitative estimate of drug-likeness (QED) is 0.343. The van der Waals surface area contributed by atoms with Crippen molar-refractivity contribution in [1.29, 1.82) is 0 Å². The summed E-state index contributed by atoms with van der Waals surface area (Å²) in [6.07, 6.45) is 2.06. The number of aromatic nitrogens is 1. The number of piperidine rings is 1. The van der Waals surface area contributed by atoms with Crippen LogP contribution in [-0.2, 0) is 6.54 Å². The molecule has 164 valence electrons. The first kappa shape index (κ1) is 24.0. The normalized spacial score (nSPS) is 14.7. The third-order valence-corrected chi connectivity index (χ3v) is 5.14. The van der Waals surface area contributed by atoms with Crippen LogP contribution >= 0.6 is 24.0 Å². The molecule has 2 aromatic rings. The van der Waals surface area contributed by atoms with Crippen LogP contribution in [0.4, 0.5) is 5.69 Å². The van der Waals surface area contributed by atoms with Gasteiger partial charge in [0.05, 0.1) is 26.5 Å². The smallest absolute Gasteiger partial charge is 0.191 e. The van der Waals surface area contributed by atoms with Gasteiger partial charge in [0.2, 0.25) is 0 Å². The second-order valence-electron chi connectivity index (χ2n) is 7.17. The van der Waals surface area contributed by atoms with Crippen LogP contribution in [0.5, 0.6) is 11.5 Å². The summed E-state index contributed by atoms with van der Waals surface area (Å²) in [5, 5.41) is 6.91. The van der Waals surface area contributed by atoms with E-state index in [2.05, 4.69) is 37.6 Å². The Balaban J connectivity index is 0.00000320. The molecule has 1 aliphatic heterocycles. The molecule has 1 aromatic heterocycles. The topological polar surface area (TPSA) is 71.0 Å². The Bertz CT molecular complexity index is 816. The number of hydrogen-bond acceptors (Lipinski definition) is 5. The van der Waals surface area contributed by atoms with Crippen molar-refractivity contribution in [2.24, 2.45) is 4.99 Å². The molecule has 0 atom stereocenters. The average molecular weight is 525 g/mol. The zero-order valence-electron chi connectivity index (χ0n) is 18.1. The minimum absolute atomic E-state index is 0. The zero-order chi connectivity index (χ0) is 20.6. The van der Waals surface area contributed by atoms with Crippen LogP contribution in [0.1, 0.15) is 24.2 Å². The molecule has 2 heterocycles. The summed E-state index contributed by atoms with van der Waals surface area (Å²) >= 11 is 0. The molecule has 0 spiro atoms. The molecule has 1 saturated heterocycles. The molecule has 1 aromatic carbocycles. The fourth-order valence-electron chi connectivity index (χ4n) is 3.52. The molecule has 0 saturated carbocycles. The molecule has 0 unspecified atom stereocenters. The van der Waals surface area contributed by atoms with E-state index in [1.54, 1.807) is 21.3 Å². The van der Waals surface area contributed by atoms with E-state index in [0.717, 1.165) is 60.5 Å². The maximum absolute atomic E-state index is 5.40. The summed E-state index contributed by atoms with van der Waals surface area (Å²) in [5.74, 6) is 2.44. The molecule has 2 N–H and O–H groups in total. The van der Waals surface area contributed by atoms with Gasteiger partial charge in [0.1, 0.15) is 11.5 Å². The van der Waals surface area contributed by atoms with Gasteiger partial charge in [-0.2, -0.15) is 0 Å². The van der Waals surface area contributed by atoms with Crippen molar-refractivity contribution in [3.05, 3.63) is 47.8 Å². The Morgan fingerprint density at radius 3 is 2.37 bits per heavy atom. The fraction of sp³-hybridized carbons (Fsp3) is 0.455. The highest BCUT2D eigenvalue weighted by atomic mass is 127. The van der Waals surface area contributed by atoms with E-state index in [4.69, 9.17) is 9.47 Å². The molecule has 0 aliphatic carbocycles. The standard InChI is InChI=1S/C22H31N5O2.HI/c1-16-6-5-7-18(25-16)15-24-22(23-2)26-17-8-10-27(11-9-17)19-12-20(28-3)14-21(13-19)29-4;/h5-7,12-14,17H,8-11,15H2,1-4H3,(H2,23,24,26);1H. The fourth-order valence-corrected chi connectivity index (χ4v) is 3.52. The van der Waals surface area contributed by atoms with Gasteiger partial charge in [0.15, 0.2) is 5.96 Å². The predicted octanol–water partition coefficient (Wildman–Crippen LogP) is 3.36. The van der Waals surface area contributed by atoms with Crippen molar-refractivity contribution in [3.8, 4) is 11.5 Å². The summed E-state index contributed by atoms with van der Waals surface area (Å²) < 4.78 is 10.8. The van der Waals surface area contributed by atoms with Gasteiger partial charge in [-0.25, -0.2) is 0 Å². The third kappa shape index (κ3) is 6.65. The van der Waals surface area contributed by atoms with Crippen LogP contribution in [0.15, 0.2) is 41.4 Å². The number of aryl methyl sites for hydroxylation is 1. The van der Waals surface area contributed by atoms with Gasteiger partial charge < -0.3 is 25.0 Å². The number of hydrogen-bond donors (Lipinski definition) is 2. The van der Waals surface area contributed by atoms with Gasteiger partial charge >= 0.3 is 0 Å². The van der Waals surface area contributed by atoms with E-state index in [1.807, 2.05) is 31.2 Å². The summed E-state index contributed by atoms with van der Waals surface area (Å²) in [4.78, 5) is 11.3. The number of pyridine rings is 1. The van der Waals surface area contributed by atoms with Crippen LogP contribution in [-0.4, -0.2) is 51.3 Å². The molecule has 1 aliphatic rings. The van der Waals surface area contributed by atoms with E-state index < -0.39 is 0 Å². The molecule has 0 radical (unpaired) electrons. The zero-order valence-corrected chi connectivity index (χ0v) is 20.5. The number of rotatable bonds is 6. The second kappa shape index (κ2) is 11.8. The highest BCUT2D eigenvalue weighted by molar-refractivity contribution is 14.0. The van der Waals surface area contributed by atoms with Crippen LogP contribution < -0.4 is 25.0 Å². The number of ether oxygens (including phenoxy) is 2. The average Bonchev–Trinajstić information content (AvgIpc) is 2.76. The van der Waals surface area contributed by atoms with Gasteiger partial charge in [-0.05, 0) is 31.9 Å². The van der Waals surface area contributed by atoms with Gasteiger partial charge in [-0.3, -0.25) is 9.98 Å². The number of guanidine groups is 1. The van der Waals surface area contributed by atoms with Gasteiger partial charge in [0.25, 0.3) is 0 Å². The van der Waals surface area contributed by atoms with Crippen molar-refractivity contribution in [1.82, 2.24) is 15.6 Å². The molecule has 0 bridgehead atoms. The summed E-state index contributed by atoms with van der Waals surface area (Å²) in [6, 6.07) is 12.5. The Morgan fingerprint density at radius 1 is 1.13 bits per heavy atom. The van der Waals surface area contributed by atoms with Crippen molar-refractivity contribution in [2.45, 2.75) is 32.4 Å². The van der Waals surface area contributed by atoms with E-state index in [9.17, 15) is 0 Å². The highest BCUT2D eigenvalue weighted by Crippen LogP contribution is 2.30. The first-order valence-corrected chi connectivity index (χ1v) is 9.99. The van der Waals surface area contributed by atoms with Gasteiger partial charge in [-0.15, -0.1) is 24.0 Å². The van der Waals surface area contributed by atoms with Crippen molar-refractivity contribution in [2.75, 3.05) is 39.3 Å². The monoisotopic (exact) mass is 525 g/mol.